The minimum Gasteiger partial charge on any atom is -0.0856 e. The van der Waals surface area contributed by atoms with E-state index < -0.39 is 0 Å². The first-order chi connectivity index (χ1) is 5.31. The van der Waals surface area contributed by atoms with Gasteiger partial charge in [-0.3, -0.25) is 0 Å². The third kappa shape index (κ3) is 7.64. The van der Waals surface area contributed by atoms with E-state index >= 15 is 0 Å². The lowest BCUT2D eigenvalue weighted by Crippen LogP contribution is -1.77. The second-order valence-electron chi connectivity index (χ2n) is 3.30. The van der Waals surface area contributed by atoms with Crippen molar-refractivity contribution >= 4 is 0 Å². The van der Waals surface area contributed by atoms with Crippen LogP contribution in [0, 0.1) is 0 Å². The monoisotopic (exact) mass is 154 g/mol. The third-order valence-corrected chi connectivity index (χ3v) is 1.94. The fraction of sp³-hybridized carbons (Fsp3) is 0.818. The van der Waals surface area contributed by atoms with Crippen LogP contribution >= 0.6 is 0 Å². The van der Waals surface area contributed by atoms with Crippen molar-refractivity contribution in [1.29, 1.82) is 0 Å². The molecule has 0 spiro atoms. The van der Waals surface area contributed by atoms with Crippen LogP contribution in [0.5, 0.6) is 0 Å². The Morgan fingerprint density at radius 1 is 1.09 bits per heavy atom. The highest BCUT2D eigenvalue weighted by Gasteiger charge is 1.86. The number of rotatable bonds is 6. The van der Waals surface area contributed by atoms with Gasteiger partial charge in [0.05, 0.1) is 0 Å². The maximum absolute atomic E-state index is 2.40. The zero-order chi connectivity index (χ0) is 8.53. The van der Waals surface area contributed by atoms with E-state index in [1.807, 2.05) is 0 Å². The molecule has 0 heterocycles. The first-order valence-corrected chi connectivity index (χ1v) is 4.96. The Labute approximate surface area is 71.7 Å². The van der Waals surface area contributed by atoms with Gasteiger partial charge >= 0.3 is 0 Å². The van der Waals surface area contributed by atoms with Crippen molar-refractivity contribution in [2.45, 2.75) is 59.3 Å². The highest BCUT2D eigenvalue weighted by Crippen LogP contribution is 2.07. The largest absolute Gasteiger partial charge is 0.0856 e. The first-order valence-electron chi connectivity index (χ1n) is 4.96. The summed E-state index contributed by atoms with van der Waals surface area (Å²) in [7, 11) is 0. The van der Waals surface area contributed by atoms with E-state index in [-0.39, 0.29) is 0 Å². The minimum absolute atomic E-state index is 1.28. The van der Waals surface area contributed by atoms with Crippen molar-refractivity contribution in [2.75, 3.05) is 0 Å². The average molecular weight is 154 g/mol. The fourth-order valence-electron chi connectivity index (χ4n) is 1.24. The normalized spacial score (nSPS) is 12.1. The van der Waals surface area contributed by atoms with Gasteiger partial charge in [-0.1, -0.05) is 44.8 Å². The standard InChI is InChI=1S/C11H22/c1-4-6-7-8-10-11(3)9-5-2/h10H,4-9H2,1-3H3/b11-10+. The van der Waals surface area contributed by atoms with Gasteiger partial charge in [-0.2, -0.15) is 0 Å². The Balaban J connectivity index is 3.24. The van der Waals surface area contributed by atoms with E-state index in [0.29, 0.717) is 0 Å². The summed E-state index contributed by atoms with van der Waals surface area (Å²) in [6.07, 6.45) is 10.4. The van der Waals surface area contributed by atoms with Crippen LogP contribution in [-0.4, -0.2) is 0 Å². The maximum atomic E-state index is 2.40. The average Bonchev–Trinajstić information content (AvgIpc) is 1.99. The summed E-state index contributed by atoms with van der Waals surface area (Å²) in [6, 6.07) is 0. The smallest absolute Gasteiger partial charge is 0.0326 e. The third-order valence-electron chi connectivity index (χ3n) is 1.94. The predicted octanol–water partition coefficient (Wildman–Crippen LogP) is 4.31. The lowest BCUT2D eigenvalue weighted by molar-refractivity contribution is 0.724. The number of hydrogen-bond donors (Lipinski definition) is 0. The van der Waals surface area contributed by atoms with E-state index in [2.05, 4.69) is 26.8 Å². The van der Waals surface area contributed by atoms with Crippen LogP contribution in [-0.2, 0) is 0 Å². The molecule has 0 saturated heterocycles. The molecule has 0 saturated carbocycles. The van der Waals surface area contributed by atoms with Gasteiger partial charge in [0.15, 0.2) is 0 Å². The molecule has 0 aliphatic heterocycles. The molecule has 0 heteroatoms. The molecule has 0 unspecified atom stereocenters. The molecule has 0 aromatic carbocycles. The van der Waals surface area contributed by atoms with E-state index in [4.69, 9.17) is 0 Å². The van der Waals surface area contributed by atoms with Crippen molar-refractivity contribution in [3.05, 3.63) is 11.6 Å². The molecular formula is C11H22. The molecule has 0 aliphatic carbocycles. The summed E-state index contributed by atoms with van der Waals surface area (Å²) in [5.41, 5.74) is 1.57. The van der Waals surface area contributed by atoms with Crippen molar-refractivity contribution in [2.24, 2.45) is 0 Å². The van der Waals surface area contributed by atoms with Gasteiger partial charge in [-0.15, -0.1) is 0 Å². The summed E-state index contributed by atoms with van der Waals surface area (Å²) < 4.78 is 0. The van der Waals surface area contributed by atoms with Crippen LogP contribution in [0.3, 0.4) is 0 Å². The van der Waals surface area contributed by atoms with Crippen molar-refractivity contribution < 1.29 is 0 Å². The lowest BCUT2D eigenvalue weighted by Gasteiger charge is -1.97. The molecule has 0 bridgehead atoms. The number of unbranched alkanes of at least 4 members (excludes halogenated alkanes) is 3. The number of allylic oxidation sites excluding steroid dienone is 2. The molecule has 0 nitrogen and oxygen atoms in total. The number of hydrogen-bond acceptors (Lipinski definition) is 0. The molecule has 0 N–H and O–H groups in total. The predicted molar refractivity (Wildman–Crippen MR) is 52.8 cm³/mol. The van der Waals surface area contributed by atoms with Crippen molar-refractivity contribution in [1.82, 2.24) is 0 Å². The van der Waals surface area contributed by atoms with E-state index in [1.54, 1.807) is 5.57 Å². The van der Waals surface area contributed by atoms with Crippen LogP contribution in [0.25, 0.3) is 0 Å². The Hall–Kier alpha value is -0.260. The van der Waals surface area contributed by atoms with Crippen molar-refractivity contribution in [3.8, 4) is 0 Å². The van der Waals surface area contributed by atoms with Crippen LogP contribution in [0.1, 0.15) is 59.3 Å². The Kier molecular flexibility index (Phi) is 7.66. The van der Waals surface area contributed by atoms with Crippen LogP contribution in [0.15, 0.2) is 11.6 Å². The highest BCUT2D eigenvalue weighted by atomic mass is 13.9. The Bertz CT molecular complexity index is 101. The molecule has 11 heavy (non-hydrogen) atoms. The summed E-state index contributed by atoms with van der Waals surface area (Å²) >= 11 is 0. The molecular weight excluding hydrogens is 132 g/mol. The van der Waals surface area contributed by atoms with Gasteiger partial charge in [-0.25, -0.2) is 0 Å². The highest BCUT2D eigenvalue weighted by molar-refractivity contribution is 4.97. The molecule has 0 atom stereocenters. The summed E-state index contributed by atoms with van der Waals surface area (Å²) in [6.45, 7) is 6.74. The second-order valence-corrected chi connectivity index (χ2v) is 3.30. The van der Waals surface area contributed by atoms with E-state index in [0.717, 1.165) is 0 Å². The molecule has 0 aliphatic rings. The van der Waals surface area contributed by atoms with E-state index in [1.165, 1.54) is 38.5 Å². The quantitative estimate of drug-likeness (QED) is 0.395. The Morgan fingerprint density at radius 2 is 1.82 bits per heavy atom. The van der Waals surface area contributed by atoms with Gasteiger partial charge in [0.2, 0.25) is 0 Å². The fourth-order valence-corrected chi connectivity index (χ4v) is 1.24. The van der Waals surface area contributed by atoms with Gasteiger partial charge < -0.3 is 0 Å². The van der Waals surface area contributed by atoms with Crippen LogP contribution in [0.2, 0.25) is 0 Å². The SMILES string of the molecule is CCCCC/C=C(\C)CCC. The van der Waals surface area contributed by atoms with Crippen LogP contribution in [0.4, 0.5) is 0 Å². The maximum Gasteiger partial charge on any atom is -0.0326 e. The zero-order valence-electron chi connectivity index (χ0n) is 8.32. The zero-order valence-corrected chi connectivity index (χ0v) is 8.32. The molecule has 66 valence electrons. The van der Waals surface area contributed by atoms with Gasteiger partial charge in [0.1, 0.15) is 0 Å². The van der Waals surface area contributed by atoms with Gasteiger partial charge in [0.25, 0.3) is 0 Å². The molecule has 0 aromatic heterocycles. The van der Waals surface area contributed by atoms with Gasteiger partial charge in [0, 0.05) is 0 Å². The topological polar surface area (TPSA) is 0 Å². The molecule has 0 rings (SSSR count). The first kappa shape index (κ1) is 10.7. The Morgan fingerprint density at radius 3 is 2.36 bits per heavy atom. The second kappa shape index (κ2) is 7.84. The summed E-state index contributed by atoms with van der Waals surface area (Å²) in [5.74, 6) is 0. The van der Waals surface area contributed by atoms with E-state index in [9.17, 15) is 0 Å². The molecule has 0 fully saturated rings. The van der Waals surface area contributed by atoms with Crippen molar-refractivity contribution in [3.63, 3.8) is 0 Å². The lowest BCUT2D eigenvalue weighted by atomic mass is 10.1. The molecule has 0 amide bonds. The summed E-state index contributed by atoms with van der Waals surface area (Å²) in [4.78, 5) is 0. The van der Waals surface area contributed by atoms with Gasteiger partial charge in [-0.05, 0) is 26.2 Å². The van der Waals surface area contributed by atoms with Crippen LogP contribution < -0.4 is 0 Å². The summed E-state index contributed by atoms with van der Waals surface area (Å²) in [5, 5.41) is 0. The molecule has 0 aromatic rings. The minimum atomic E-state index is 1.28. The molecule has 0 radical (unpaired) electrons.